The molecule has 0 aliphatic carbocycles. The summed E-state index contributed by atoms with van der Waals surface area (Å²) in [5, 5.41) is 0.626. The van der Waals surface area contributed by atoms with Gasteiger partial charge >= 0.3 is 0 Å². The molecule has 0 bridgehead atoms. The molecule has 0 spiro atoms. The van der Waals surface area contributed by atoms with E-state index in [1.54, 1.807) is 24.0 Å². The normalized spacial score (nSPS) is 19.7. The van der Waals surface area contributed by atoms with E-state index in [1.807, 2.05) is 35.0 Å². The molecule has 2 saturated heterocycles. The van der Waals surface area contributed by atoms with Crippen molar-refractivity contribution < 1.29 is 19.1 Å². The Morgan fingerprint density at radius 2 is 2.00 bits per heavy atom. The summed E-state index contributed by atoms with van der Waals surface area (Å²) in [7, 11) is 0. The Bertz CT molecular complexity index is 1050. The molecule has 2 aromatic rings. The van der Waals surface area contributed by atoms with Crippen molar-refractivity contribution in [2.75, 3.05) is 26.3 Å². The summed E-state index contributed by atoms with van der Waals surface area (Å²) >= 11 is 0.927. The van der Waals surface area contributed by atoms with Gasteiger partial charge in [0.05, 0.1) is 24.2 Å². The van der Waals surface area contributed by atoms with Gasteiger partial charge in [-0.2, -0.15) is 0 Å². The van der Waals surface area contributed by atoms with Crippen molar-refractivity contribution in [3.63, 3.8) is 0 Å². The highest BCUT2D eigenvalue weighted by Gasteiger charge is 2.37. The van der Waals surface area contributed by atoms with E-state index in [-0.39, 0.29) is 29.6 Å². The zero-order valence-corrected chi connectivity index (χ0v) is 17.6. The first-order chi connectivity index (χ1) is 14.5. The van der Waals surface area contributed by atoms with Gasteiger partial charge in [0.25, 0.3) is 11.1 Å². The summed E-state index contributed by atoms with van der Waals surface area (Å²) in [6.07, 6.45) is 5.18. The van der Waals surface area contributed by atoms with Crippen LogP contribution in [0, 0.1) is 0 Å². The van der Waals surface area contributed by atoms with Crippen LogP contribution in [0.25, 0.3) is 17.0 Å². The topological polar surface area (TPSA) is 71.8 Å². The number of aromatic nitrogens is 1. The fourth-order valence-electron chi connectivity index (χ4n) is 3.66. The van der Waals surface area contributed by atoms with Gasteiger partial charge in [-0.15, -0.1) is 6.58 Å². The Morgan fingerprint density at radius 1 is 1.27 bits per heavy atom. The summed E-state index contributed by atoms with van der Waals surface area (Å²) in [6.45, 7) is 7.95. The first-order valence-electron chi connectivity index (χ1n) is 9.82. The van der Waals surface area contributed by atoms with Gasteiger partial charge in [-0.25, -0.2) is 0 Å². The summed E-state index contributed by atoms with van der Waals surface area (Å²) < 4.78 is 7.22. The van der Waals surface area contributed by atoms with E-state index in [2.05, 4.69) is 6.58 Å². The Hall–Kier alpha value is -2.84. The molecule has 1 aromatic carbocycles. The van der Waals surface area contributed by atoms with Gasteiger partial charge < -0.3 is 14.2 Å². The molecular weight excluding hydrogens is 402 g/mol. The van der Waals surface area contributed by atoms with Crippen LogP contribution in [-0.2, 0) is 20.9 Å². The fourth-order valence-corrected chi connectivity index (χ4v) is 4.56. The number of fused-ring (bicyclic) bond motifs is 1. The lowest BCUT2D eigenvalue weighted by Gasteiger charge is -2.27. The molecule has 2 aliphatic rings. The molecule has 1 aromatic heterocycles. The number of hydrogen-bond acceptors (Lipinski definition) is 5. The number of benzene rings is 1. The molecule has 4 rings (SSSR count). The Morgan fingerprint density at radius 3 is 2.73 bits per heavy atom. The fraction of sp³-hybridized carbons (Fsp3) is 0.318. The molecule has 1 atom stereocenters. The molecule has 156 valence electrons. The lowest BCUT2D eigenvalue weighted by molar-refractivity contribution is -0.135. The number of ether oxygens (including phenoxy) is 1. The molecule has 3 amide bonds. The molecule has 2 fully saturated rings. The second-order valence-electron chi connectivity index (χ2n) is 7.25. The van der Waals surface area contributed by atoms with E-state index in [9.17, 15) is 14.4 Å². The van der Waals surface area contributed by atoms with E-state index in [4.69, 9.17) is 4.74 Å². The van der Waals surface area contributed by atoms with Crippen molar-refractivity contribution in [2.24, 2.45) is 0 Å². The van der Waals surface area contributed by atoms with Gasteiger partial charge in [0, 0.05) is 35.8 Å². The maximum Gasteiger partial charge on any atom is 0.294 e. The van der Waals surface area contributed by atoms with Crippen LogP contribution in [0.5, 0.6) is 0 Å². The quantitative estimate of drug-likeness (QED) is 0.544. The van der Waals surface area contributed by atoms with Gasteiger partial charge in [0.2, 0.25) is 5.91 Å². The highest BCUT2D eigenvalue weighted by atomic mass is 32.2. The zero-order chi connectivity index (χ0) is 21.3. The van der Waals surface area contributed by atoms with Gasteiger partial charge in [-0.3, -0.25) is 19.3 Å². The van der Waals surface area contributed by atoms with E-state index in [1.165, 1.54) is 4.90 Å². The second-order valence-corrected chi connectivity index (χ2v) is 8.24. The average Bonchev–Trinajstić information content (AvgIpc) is 3.25. The van der Waals surface area contributed by atoms with Crippen LogP contribution in [0.1, 0.15) is 12.5 Å². The zero-order valence-electron chi connectivity index (χ0n) is 16.7. The number of nitrogens with zero attached hydrogens (tertiary/aromatic N) is 3. The first kappa shape index (κ1) is 20.4. The molecule has 0 saturated carbocycles. The van der Waals surface area contributed by atoms with Crippen molar-refractivity contribution in [3.8, 4) is 0 Å². The second kappa shape index (κ2) is 8.49. The van der Waals surface area contributed by atoms with Crippen LogP contribution in [0.2, 0.25) is 0 Å². The van der Waals surface area contributed by atoms with Crippen LogP contribution in [-0.4, -0.2) is 63.8 Å². The molecule has 3 heterocycles. The van der Waals surface area contributed by atoms with Gasteiger partial charge in [-0.1, -0.05) is 24.3 Å². The number of thioether (sulfide) groups is 1. The van der Waals surface area contributed by atoms with Crippen molar-refractivity contribution in [3.05, 3.63) is 53.6 Å². The van der Waals surface area contributed by atoms with E-state index in [0.717, 1.165) is 28.2 Å². The highest BCUT2D eigenvalue weighted by Crippen LogP contribution is 2.35. The lowest BCUT2D eigenvalue weighted by Crippen LogP contribution is -2.42. The van der Waals surface area contributed by atoms with E-state index >= 15 is 0 Å². The molecular formula is C22H23N3O4S. The summed E-state index contributed by atoms with van der Waals surface area (Å²) in [6, 6.07) is 7.37. The summed E-state index contributed by atoms with van der Waals surface area (Å²) in [5.41, 5.74) is 1.71. The summed E-state index contributed by atoms with van der Waals surface area (Å²) in [4.78, 5) is 41.1. The molecule has 2 aliphatic heterocycles. The number of imide groups is 1. The Labute approximate surface area is 178 Å². The monoisotopic (exact) mass is 425 g/mol. The SMILES string of the molecule is C=CC(C)N1C(=O)S/C(=C/c2cn(CC(=O)N3CCOCC3)c3ccccc23)C1=O. The third-order valence-electron chi connectivity index (χ3n) is 5.35. The number of hydrogen-bond donors (Lipinski definition) is 0. The number of rotatable bonds is 5. The number of carbonyl (C=O) groups is 3. The van der Waals surface area contributed by atoms with E-state index in [0.29, 0.717) is 31.2 Å². The van der Waals surface area contributed by atoms with Crippen LogP contribution in [0.4, 0.5) is 4.79 Å². The third-order valence-corrected chi connectivity index (χ3v) is 6.23. The number of carbonyl (C=O) groups excluding carboxylic acids is 3. The molecule has 1 unspecified atom stereocenters. The van der Waals surface area contributed by atoms with Gasteiger partial charge in [0.1, 0.15) is 6.54 Å². The molecule has 7 nitrogen and oxygen atoms in total. The Balaban J connectivity index is 1.65. The van der Waals surface area contributed by atoms with Gasteiger partial charge in [0.15, 0.2) is 0 Å². The number of amides is 3. The smallest absolute Gasteiger partial charge is 0.294 e. The predicted octanol–water partition coefficient (Wildman–Crippen LogP) is 3.11. The van der Waals surface area contributed by atoms with Crippen LogP contribution >= 0.6 is 11.8 Å². The average molecular weight is 426 g/mol. The van der Waals surface area contributed by atoms with Crippen molar-refractivity contribution in [2.45, 2.75) is 19.5 Å². The standard InChI is InChI=1S/C22H23N3O4S/c1-3-15(2)25-21(27)19(30-22(25)28)12-16-13-24(18-7-5-4-6-17(16)18)14-20(26)23-8-10-29-11-9-23/h3-7,12-13,15H,1,8-11,14H2,2H3/b19-12+. The minimum absolute atomic E-state index is 0.0331. The first-order valence-corrected chi connectivity index (χ1v) is 10.6. The largest absolute Gasteiger partial charge is 0.378 e. The molecule has 0 N–H and O–H groups in total. The van der Waals surface area contributed by atoms with E-state index < -0.39 is 0 Å². The Kier molecular flexibility index (Phi) is 5.78. The summed E-state index contributed by atoms with van der Waals surface area (Å²) in [5.74, 6) is -0.288. The predicted molar refractivity (Wildman–Crippen MR) is 117 cm³/mol. The molecule has 8 heteroatoms. The van der Waals surface area contributed by atoms with Crippen LogP contribution < -0.4 is 0 Å². The van der Waals surface area contributed by atoms with Gasteiger partial charge in [-0.05, 0) is 30.8 Å². The maximum atomic E-state index is 12.7. The molecule has 30 heavy (non-hydrogen) atoms. The minimum Gasteiger partial charge on any atom is -0.378 e. The van der Waals surface area contributed by atoms with Crippen LogP contribution in [0.15, 0.2) is 48.0 Å². The minimum atomic E-state index is -0.365. The van der Waals surface area contributed by atoms with Crippen molar-refractivity contribution >= 4 is 45.8 Å². The van der Waals surface area contributed by atoms with Crippen molar-refractivity contribution in [1.82, 2.24) is 14.4 Å². The molecule has 0 radical (unpaired) electrons. The number of para-hydroxylation sites is 1. The lowest BCUT2D eigenvalue weighted by atomic mass is 10.1. The highest BCUT2D eigenvalue weighted by molar-refractivity contribution is 8.18. The van der Waals surface area contributed by atoms with Crippen molar-refractivity contribution in [1.29, 1.82) is 0 Å². The third kappa shape index (κ3) is 3.80. The maximum absolute atomic E-state index is 12.7. The van der Waals surface area contributed by atoms with Crippen LogP contribution in [0.3, 0.4) is 0 Å². The number of morpholine rings is 1.